The predicted octanol–water partition coefficient (Wildman–Crippen LogP) is -2.42. The molecule has 1 atom stereocenters. The molecule has 1 N–H and O–H groups in total. The van der Waals surface area contributed by atoms with E-state index in [4.69, 9.17) is 0 Å². The molecule has 1 saturated heterocycles. The molecule has 0 saturated carbocycles. The Morgan fingerprint density at radius 1 is 1.50 bits per heavy atom. The van der Waals surface area contributed by atoms with Crippen LogP contribution in [0.3, 0.4) is 0 Å². The fraction of sp³-hybridized carbons (Fsp3) is 0.778. The first kappa shape index (κ1) is 13.7. The van der Waals surface area contributed by atoms with E-state index < -0.39 is 11.9 Å². The minimum Gasteiger partial charge on any atom is -1.00 e. The normalized spacial score (nSPS) is 20.4. The topological polar surface area (TPSA) is 55.4 Å². The average Bonchev–Trinajstić information content (AvgIpc) is 2.55. The van der Waals surface area contributed by atoms with Crippen LogP contribution in [0.5, 0.6) is 0 Å². The second-order valence-electron chi connectivity index (χ2n) is 3.54. The van der Waals surface area contributed by atoms with Crippen LogP contribution < -0.4 is 24.2 Å². The smallest absolute Gasteiger partial charge is 1.00 e. The van der Waals surface area contributed by atoms with Crippen molar-refractivity contribution in [2.24, 2.45) is 5.92 Å². The number of carbonyl (C=O) groups excluding carboxylic acids is 2. The molecule has 1 fully saturated rings. The summed E-state index contributed by atoms with van der Waals surface area (Å²) in [7, 11) is 0. The van der Waals surface area contributed by atoms with E-state index in [1.807, 2.05) is 0 Å². The van der Waals surface area contributed by atoms with E-state index in [-0.39, 0.29) is 32.2 Å². The first-order chi connectivity index (χ1) is 6.11. The van der Waals surface area contributed by atoms with Crippen LogP contribution in [0.1, 0.15) is 28.1 Å². The molecule has 0 aromatic heterocycles. The van der Waals surface area contributed by atoms with Crippen LogP contribution in [-0.4, -0.2) is 24.5 Å². The van der Waals surface area contributed by atoms with Gasteiger partial charge in [0.05, 0.1) is 5.92 Å². The van der Waals surface area contributed by atoms with Crippen molar-refractivity contribution in [3.8, 4) is 0 Å². The number of hydrogen-bond donors (Lipinski definition) is 1. The van der Waals surface area contributed by atoms with Crippen LogP contribution in [0.4, 0.5) is 0 Å². The Labute approximate surface area is 97.4 Å². The van der Waals surface area contributed by atoms with Gasteiger partial charge in [0.1, 0.15) is 6.04 Å². The Hall–Kier alpha value is -0.303. The van der Waals surface area contributed by atoms with Crippen molar-refractivity contribution in [1.29, 1.82) is 0 Å². The second-order valence-corrected chi connectivity index (χ2v) is 3.54. The minimum absolute atomic E-state index is 0. The summed E-state index contributed by atoms with van der Waals surface area (Å²) in [5.74, 6) is -1.12. The Morgan fingerprint density at radius 2 is 2.14 bits per heavy atom. The summed E-state index contributed by atoms with van der Waals surface area (Å²) < 4.78 is 4.66. The quantitative estimate of drug-likeness (QED) is 0.301. The SMILES string of the molecule is CC(C)C(=O)OC(=O)[C@@H]1CCCN1.[H-].[Li+]. The molecule has 76 valence electrons. The van der Waals surface area contributed by atoms with Gasteiger partial charge in [-0.2, -0.15) is 0 Å². The third-order valence-electron chi connectivity index (χ3n) is 2.02. The molecule has 0 amide bonds. The molecular formula is C9H16LiNO3. The van der Waals surface area contributed by atoms with E-state index in [2.05, 4.69) is 10.1 Å². The molecule has 0 aromatic rings. The van der Waals surface area contributed by atoms with Gasteiger partial charge < -0.3 is 11.5 Å². The molecule has 5 heteroatoms. The zero-order valence-corrected chi connectivity index (χ0v) is 9.00. The first-order valence-corrected chi connectivity index (χ1v) is 4.60. The van der Waals surface area contributed by atoms with Crippen LogP contribution in [0, 0.1) is 5.92 Å². The Balaban J connectivity index is 0. The van der Waals surface area contributed by atoms with Gasteiger partial charge in [-0.1, -0.05) is 13.8 Å². The minimum atomic E-state index is -0.446. The summed E-state index contributed by atoms with van der Waals surface area (Å²) in [5, 5.41) is 2.97. The first-order valence-electron chi connectivity index (χ1n) is 4.60. The van der Waals surface area contributed by atoms with Crippen molar-refractivity contribution in [2.75, 3.05) is 6.54 Å². The molecule has 0 aliphatic carbocycles. The Bertz CT molecular complexity index is 217. The summed E-state index contributed by atoms with van der Waals surface area (Å²) in [6, 6.07) is -0.275. The fourth-order valence-electron chi connectivity index (χ4n) is 1.17. The maximum atomic E-state index is 11.3. The van der Waals surface area contributed by atoms with E-state index in [1.165, 1.54) is 0 Å². The van der Waals surface area contributed by atoms with Crippen molar-refractivity contribution >= 4 is 11.9 Å². The number of rotatable bonds is 2. The van der Waals surface area contributed by atoms with Crippen molar-refractivity contribution in [3.63, 3.8) is 0 Å². The average molecular weight is 193 g/mol. The maximum Gasteiger partial charge on any atom is 1.00 e. The number of carbonyl (C=O) groups is 2. The molecule has 0 bridgehead atoms. The van der Waals surface area contributed by atoms with Gasteiger partial charge in [0, 0.05) is 0 Å². The van der Waals surface area contributed by atoms with Crippen LogP contribution in [0.25, 0.3) is 0 Å². The third-order valence-corrected chi connectivity index (χ3v) is 2.02. The number of ether oxygens (including phenoxy) is 1. The fourth-order valence-corrected chi connectivity index (χ4v) is 1.17. The predicted molar refractivity (Wildman–Crippen MR) is 48.1 cm³/mol. The largest absolute Gasteiger partial charge is 1.00 e. The molecule has 4 nitrogen and oxygen atoms in total. The third kappa shape index (κ3) is 3.83. The van der Waals surface area contributed by atoms with E-state index in [9.17, 15) is 9.59 Å². The van der Waals surface area contributed by atoms with Crippen LogP contribution in [0.2, 0.25) is 0 Å². The molecule has 0 spiro atoms. The summed E-state index contributed by atoms with van der Waals surface area (Å²) >= 11 is 0. The number of esters is 2. The summed E-state index contributed by atoms with van der Waals surface area (Å²) in [5.41, 5.74) is 0. The standard InChI is InChI=1S/C9H15NO3.Li.H/c1-6(2)8(11)13-9(12)7-4-3-5-10-7;;/h6-7,10H,3-5H2,1-2H3;;/q;+1;-1/t7-;;/m0../s1. The van der Waals surface area contributed by atoms with Gasteiger partial charge in [-0.3, -0.25) is 4.79 Å². The molecule has 0 aromatic carbocycles. The Kier molecular flexibility index (Phi) is 6.10. The number of hydrogen-bond acceptors (Lipinski definition) is 4. The monoisotopic (exact) mass is 193 g/mol. The van der Waals surface area contributed by atoms with Crippen LogP contribution in [0.15, 0.2) is 0 Å². The Morgan fingerprint density at radius 3 is 2.57 bits per heavy atom. The number of nitrogens with one attached hydrogen (secondary N) is 1. The van der Waals surface area contributed by atoms with E-state index >= 15 is 0 Å². The molecule has 1 aliphatic rings. The van der Waals surface area contributed by atoms with Gasteiger partial charge in [0.15, 0.2) is 0 Å². The maximum absolute atomic E-state index is 11.3. The van der Waals surface area contributed by atoms with Crippen LogP contribution >= 0.6 is 0 Å². The van der Waals surface area contributed by atoms with Crippen LogP contribution in [-0.2, 0) is 14.3 Å². The summed E-state index contributed by atoms with van der Waals surface area (Å²) in [4.78, 5) is 22.3. The zero-order valence-electron chi connectivity index (χ0n) is 10.0. The van der Waals surface area contributed by atoms with Gasteiger partial charge in [-0.15, -0.1) is 0 Å². The molecular weight excluding hydrogens is 177 g/mol. The van der Waals surface area contributed by atoms with E-state index in [0.29, 0.717) is 0 Å². The zero-order chi connectivity index (χ0) is 9.84. The van der Waals surface area contributed by atoms with Gasteiger partial charge in [0.2, 0.25) is 0 Å². The summed E-state index contributed by atoms with van der Waals surface area (Å²) in [6.45, 7) is 4.24. The van der Waals surface area contributed by atoms with E-state index in [1.54, 1.807) is 13.8 Å². The van der Waals surface area contributed by atoms with Gasteiger partial charge >= 0.3 is 30.8 Å². The second kappa shape index (κ2) is 6.23. The van der Waals surface area contributed by atoms with Crippen molar-refractivity contribution in [3.05, 3.63) is 0 Å². The molecule has 1 rings (SSSR count). The van der Waals surface area contributed by atoms with Crippen molar-refractivity contribution in [1.82, 2.24) is 5.32 Å². The summed E-state index contributed by atoms with van der Waals surface area (Å²) in [6.07, 6.45) is 1.74. The van der Waals surface area contributed by atoms with Gasteiger partial charge in [-0.25, -0.2) is 4.79 Å². The molecule has 0 unspecified atom stereocenters. The molecule has 1 heterocycles. The molecule has 0 radical (unpaired) electrons. The van der Waals surface area contributed by atoms with Crippen molar-refractivity contribution in [2.45, 2.75) is 32.7 Å². The van der Waals surface area contributed by atoms with Crippen molar-refractivity contribution < 1.29 is 34.6 Å². The molecule has 1 aliphatic heterocycles. The van der Waals surface area contributed by atoms with Gasteiger partial charge in [-0.05, 0) is 19.4 Å². The van der Waals surface area contributed by atoms with E-state index in [0.717, 1.165) is 19.4 Å². The van der Waals surface area contributed by atoms with Gasteiger partial charge in [0.25, 0.3) is 0 Å². The molecule has 14 heavy (non-hydrogen) atoms.